The van der Waals surface area contributed by atoms with Crippen LogP contribution in [0, 0.1) is 0 Å². The smallest absolute Gasteiger partial charge is 0.319 e. The van der Waals surface area contributed by atoms with Crippen LogP contribution in [0.3, 0.4) is 0 Å². The Bertz CT molecular complexity index is 480. The molecule has 0 saturated heterocycles. The Morgan fingerprint density at radius 3 is 2.76 bits per heavy atom. The molecule has 0 fully saturated rings. The van der Waals surface area contributed by atoms with Gasteiger partial charge in [0, 0.05) is 11.4 Å². The van der Waals surface area contributed by atoms with Gasteiger partial charge in [-0.2, -0.15) is 4.98 Å². The molecule has 0 unspecified atom stereocenters. The molecule has 1 aromatic carbocycles. The van der Waals surface area contributed by atoms with Crippen LogP contribution < -0.4 is 16.4 Å². The predicted octanol–water partition coefficient (Wildman–Crippen LogP) is 0.974. The molecule has 0 bridgehead atoms. The average molecular weight is 233 g/mol. The van der Waals surface area contributed by atoms with Gasteiger partial charge >= 0.3 is 6.03 Å². The van der Waals surface area contributed by atoms with Crippen LogP contribution in [0.2, 0.25) is 0 Å². The van der Waals surface area contributed by atoms with Gasteiger partial charge in [0.25, 0.3) is 0 Å². The number of amides is 2. The van der Waals surface area contributed by atoms with E-state index in [2.05, 4.69) is 25.3 Å². The van der Waals surface area contributed by atoms with Gasteiger partial charge < -0.3 is 20.9 Å². The standard InChI is InChI=1S/C10H11N5O2/c11-7-1-3-8(4-2-7)14-10(16)12-5-9-13-6-17-15-9/h1-4,6H,5,11H2,(H2,12,14,16). The number of benzene rings is 1. The first kappa shape index (κ1) is 10.9. The molecule has 0 spiro atoms. The topological polar surface area (TPSA) is 106 Å². The van der Waals surface area contributed by atoms with Crippen LogP contribution in [-0.4, -0.2) is 16.2 Å². The summed E-state index contributed by atoms with van der Waals surface area (Å²) >= 11 is 0. The van der Waals surface area contributed by atoms with Gasteiger partial charge in [-0.15, -0.1) is 0 Å². The largest absolute Gasteiger partial charge is 0.399 e. The molecule has 0 aliphatic carbocycles. The Morgan fingerprint density at radius 1 is 1.35 bits per heavy atom. The van der Waals surface area contributed by atoms with Gasteiger partial charge in [-0.3, -0.25) is 0 Å². The SMILES string of the molecule is Nc1ccc(NC(=O)NCc2ncon2)cc1. The van der Waals surface area contributed by atoms with Crippen LogP contribution in [0.1, 0.15) is 5.82 Å². The maximum Gasteiger partial charge on any atom is 0.319 e. The highest BCUT2D eigenvalue weighted by atomic mass is 16.5. The number of hydrogen-bond acceptors (Lipinski definition) is 5. The van der Waals surface area contributed by atoms with Crippen molar-refractivity contribution in [3.63, 3.8) is 0 Å². The Kier molecular flexibility index (Phi) is 3.20. The van der Waals surface area contributed by atoms with E-state index in [1.165, 1.54) is 6.39 Å². The molecule has 0 aliphatic heterocycles. The second-order valence-corrected chi connectivity index (χ2v) is 3.28. The van der Waals surface area contributed by atoms with Crippen LogP contribution in [0.5, 0.6) is 0 Å². The lowest BCUT2D eigenvalue weighted by Gasteiger charge is -2.05. The van der Waals surface area contributed by atoms with Crippen molar-refractivity contribution in [1.82, 2.24) is 15.5 Å². The normalized spacial score (nSPS) is 9.88. The van der Waals surface area contributed by atoms with Gasteiger partial charge in [-0.25, -0.2) is 4.79 Å². The molecule has 2 rings (SSSR count). The minimum Gasteiger partial charge on any atom is -0.399 e. The second-order valence-electron chi connectivity index (χ2n) is 3.28. The zero-order chi connectivity index (χ0) is 12.1. The summed E-state index contributed by atoms with van der Waals surface area (Å²) in [5.41, 5.74) is 6.82. The average Bonchev–Trinajstić information content (AvgIpc) is 2.83. The lowest BCUT2D eigenvalue weighted by molar-refractivity contribution is 0.251. The summed E-state index contributed by atoms with van der Waals surface area (Å²) in [5.74, 6) is 0.414. The number of nitrogen functional groups attached to an aromatic ring is 1. The third kappa shape index (κ3) is 3.20. The van der Waals surface area contributed by atoms with Crippen molar-refractivity contribution in [2.45, 2.75) is 6.54 Å². The van der Waals surface area contributed by atoms with Crippen molar-refractivity contribution >= 4 is 17.4 Å². The van der Waals surface area contributed by atoms with Crippen LogP contribution >= 0.6 is 0 Å². The fraction of sp³-hybridized carbons (Fsp3) is 0.100. The molecular weight excluding hydrogens is 222 g/mol. The molecule has 2 aromatic rings. The number of anilines is 2. The Balaban J connectivity index is 1.83. The molecule has 7 nitrogen and oxygen atoms in total. The molecular formula is C10H11N5O2. The van der Waals surface area contributed by atoms with E-state index >= 15 is 0 Å². The number of urea groups is 1. The maximum absolute atomic E-state index is 11.5. The Hall–Kier alpha value is -2.57. The molecule has 0 radical (unpaired) electrons. The Labute approximate surface area is 97.0 Å². The third-order valence-corrected chi connectivity index (χ3v) is 1.98. The van der Waals surface area contributed by atoms with E-state index in [0.717, 1.165) is 0 Å². The monoisotopic (exact) mass is 233 g/mol. The van der Waals surface area contributed by atoms with Crippen molar-refractivity contribution < 1.29 is 9.32 Å². The summed E-state index contributed by atoms with van der Waals surface area (Å²) in [5, 5.41) is 8.78. The number of hydrogen-bond donors (Lipinski definition) is 3. The van der Waals surface area contributed by atoms with E-state index in [9.17, 15) is 4.79 Å². The molecule has 2 amide bonds. The summed E-state index contributed by atoms with van der Waals surface area (Å²) in [4.78, 5) is 15.2. The van der Waals surface area contributed by atoms with E-state index in [1.54, 1.807) is 24.3 Å². The van der Waals surface area contributed by atoms with Crippen LogP contribution in [0.25, 0.3) is 0 Å². The first-order valence-electron chi connectivity index (χ1n) is 4.89. The zero-order valence-corrected chi connectivity index (χ0v) is 8.88. The first-order valence-corrected chi connectivity index (χ1v) is 4.89. The molecule has 0 atom stereocenters. The fourth-order valence-electron chi connectivity index (χ4n) is 1.17. The lowest BCUT2D eigenvalue weighted by Crippen LogP contribution is -2.28. The number of nitrogens with one attached hydrogen (secondary N) is 2. The highest BCUT2D eigenvalue weighted by Crippen LogP contribution is 2.09. The minimum absolute atomic E-state index is 0.206. The van der Waals surface area contributed by atoms with Crippen LogP contribution in [-0.2, 0) is 6.54 Å². The van der Waals surface area contributed by atoms with Gasteiger partial charge in [0.15, 0.2) is 5.82 Å². The molecule has 7 heteroatoms. The van der Waals surface area contributed by atoms with Crippen molar-refractivity contribution in [1.29, 1.82) is 0 Å². The second kappa shape index (κ2) is 4.97. The van der Waals surface area contributed by atoms with E-state index < -0.39 is 0 Å². The molecule has 0 saturated carbocycles. The third-order valence-electron chi connectivity index (χ3n) is 1.98. The van der Waals surface area contributed by atoms with E-state index in [-0.39, 0.29) is 12.6 Å². The summed E-state index contributed by atoms with van der Waals surface area (Å²) in [6.07, 6.45) is 1.20. The van der Waals surface area contributed by atoms with Crippen molar-refractivity contribution in [2.24, 2.45) is 0 Å². The number of carbonyl (C=O) groups is 1. The maximum atomic E-state index is 11.5. The molecule has 17 heavy (non-hydrogen) atoms. The van der Waals surface area contributed by atoms with Crippen LogP contribution in [0.15, 0.2) is 35.2 Å². The number of nitrogens with two attached hydrogens (primary N) is 1. The first-order chi connectivity index (χ1) is 8.24. The summed E-state index contributed by atoms with van der Waals surface area (Å²) < 4.78 is 4.53. The lowest BCUT2D eigenvalue weighted by atomic mass is 10.3. The van der Waals surface area contributed by atoms with Gasteiger partial charge in [0.05, 0.1) is 6.54 Å². The molecule has 88 valence electrons. The van der Waals surface area contributed by atoms with Gasteiger partial charge in [0.2, 0.25) is 6.39 Å². The minimum atomic E-state index is -0.348. The summed E-state index contributed by atoms with van der Waals surface area (Å²) in [6.45, 7) is 0.206. The van der Waals surface area contributed by atoms with E-state index in [0.29, 0.717) is 17.2 Å². The summed E-state index contributed by atoms with van der Waals surface area (Å²) in [7, 11) is 0. The van der Waals surface area contributed by atoms with Crippen molar-refractivity contribution in [2.75, 3.05) is 11.1 Å². The van der Waals surface area contributed by atoms with Crippen molar-refractivity contribution in [3.05, 3.63) is 36.5 Å². The molecule has 0 aliphatic rings. The highest BCUT2D eigenvalue weighted by molar-refractivity contribution is 5.89. The highest BCUT2D eigenvalue weighted by Gasteiger charge is 2.03. The van der Waals surface area contributed by atoms with Gasteiger partial charge in [-0.1, -0.05) is 5.16 Å². The quantitative estimate of drug-likeness (QED) is 0.685. The predicted molar refractivity (Wildman–Crippen MR) is 61.0 cm³/mol. The van der Waals surface area contributed by atoms with Gasteiger partial charge in [-0.05, 0) is 24.3 Å². The number of aromatic nitrogens is 2. The fourth-order valence-corrected chi connectivity index (χ4v) is 1.17. The van der Waals surface area contributed by atoms with E-state index in [1.807, 2.05) is 0 Å². The zero-order valence-electron chi connectivity index (χ0n) is 8.88. The number of rotatable bonds is 3. The van der Waals surface area contributed by atoms with Gasteiger partial charge in [0.1, 0.15) is 0 Å². The summed E-state index contributed by atoms with van der Waals surface area (Å²) in [6, 6.07) is 6.48. The van der Waals surface area contributed by atoms with Crippen LogP contribution in [0.4, 0.5) is 16.2 Å². The number of carbonyl (C=O) groups excluding carboxylic acids is 1. The van der Waals surface area contributed by atoms with Crippen molar-refractivity contribution in [3.8, 4) is 0 Å². The van der Waals surface area contributed by atoms with E-state index in [4.69, 9.17) is 5.73 Å². The number of nitrogens with zero attached hydrogens (tertiary/aromatic N) is 2. The molecule has 4 N–H and O–H groups in total. The molecule has 1 heterocycles. The Morgan fingerprint density at radius 2 is 2.12 bits per heavy atom. The molecule has 1 aromatic heterocycles.